The molecule has 1 rings (SSSR count). The molecule has 0 saturated carbocycles. The number of aliphatic carboxylic acids is 1. The van der Waals surface area contributed by atoms with Gasteiger partial charge >= 0.3 is 12.3 Å². The molecule has 19 heavy (non-hydrogen) atoms. The van der Waals surface area contributed by atoms with Crippen LogP contribution in [0.3, 0.4) is 0 Å². The summed E-state index contributed by atoms with van der Waals surface area (Å²) in [4.78, 5) is 12.4. The van der Waals surface area contributed by atoms with E-state index in [1.54, 1.807) is 19.0 Å². The zero-order chi connectivity index (χ0) is 14.6. The van der Waals surface area contributed by atoms with Gasteiger partial charge in [0.05, 0.1) is 6.42 Å². The highest BCUT2D eigenvalue weighted by Gasteiger charge is 2.31. The number of ether oxygens (including phenoxy) is 1. The van der Waals surface area contributed by atoms with Crippen molar-refractivity contribution in [1.29, 1.82) is 0 Å². The van der Waals surface area contributed by atoms with Crippen molar-refractivity contribution in [2.75, 3.05) is 14.1 Å². The molecule has 0 aliphatic carbocycles. The number of hydrogen-bond acceptors (Lipinski definition) is 3. The molecule has 1 aromatic rings. The molecule has 1 atom stereocenters. The molecule has 0 aliphatic heterocycles. The van der Waals surface area contributed by atoms with Crippen LogP contribution in [0.1, 0.15) is 18.0 Å². The molecular formula is C12H14F3NO3. The number of benzene rings is 1. The van der Waals surface area contributed by atoms with Crippen LogP contribution < -0.4 is 4.74 Å². The molecule has 7 heteroatoms. The highest BCUT2D eigenvalue weighted by atomic mass is 19.4. The number of rotatable bonds is 5. The van der Waals surface area contributed by atoms with Gasteiger partial charge in [0.1, 0.15) is 5.75 Å². The highest BCUT2D eigenvalue weighted by Crippen LogP contribution is 2.27. The Morgan fingerprint density at radius 3 is 2.21 bits per heavy atom. The molecule has 0 saturated heterocycles. The van der Waals surface area contributed by atoms with Gasteiger partial charge in [-0.3, -0.25) is 4.79 Å². The smallest absolute Gasteiger partial charge is 0.481 e. The van der Waals surface area contributed by atoms with Crippen LogP contribution in [0.15, 0.2) is 24.3 Å². The molecule has 0 radical (unpaired) electrons. The Labute approximate surface area is 108 Å². The van der Waals surface area contributed by atoms with E-state index in [0.29, 0.717) is 5.56 Å². The molecule has 0 amide bonds. The summed E-state index contributed by atoms with van der Waals surface area (Å²) in [6, 6.07) is 4.78. The van der Waals surface area contributed by atoms with E-state index in [1.807, 2.05) is 0 Å². The van der Waals surface area contributed by atoms with Crippen LogP contribution in [0, 0.1) is 0 Å². The third kappa shape index (κ3) is 5.17. The molecule has 0 fully saturated rings. The van der Waals surface area contributed by atoms with Crippen molar-refractivity contribution in [3.05, 3.63) is 29.8 Å². The van der Waals surface area contributed by atoms with Crippen LogP contribution in [0.4, 0.5) is 13.2 Å². The highest BCUT2D eigenvalue weighted by molar-refractivity contribution is 5.68. The lowest BCUT2D eigenvalue weighted by Gasteiger charge is -2.23. The molecule has 1 aromatic carbocycles. The van der Waals surface area contributed by atoms with Gasteiger partial charge in [0.2, 0.25) is 0 Å². The molecule has 0 aliphatic rings. The topological polar surface area (TPSA) is 49.8 Å². The summed E-state index contributed by atoms with van der Waals surface area (Å²) >= 11 is 0. The average Bonchev–Trinajstić information content (AvgIpc) is 2.24. The van der Waals surface area contributed by atoms with Crippen LogP contribution in [0.5, 0.6) is 5.75 Å². The summed E-state index contributed by atoms with van der Waals surface area (Å²) in [5.74, 6) is -1.31. The van der Waals surface area contributed by atoms with Gasteiger partial charge in [-0.05, 0) is 31.8 Å². The standard InChI is InChI=1S/C12H14F3NO3/c1-16(2)10(7-11(17)18)8-3-5-9(6-4-8)19-12(13,14)15/h3-6,10H,7H2,1-2H3,(H,17,18). The fourth-order valence-electron chi connectivity index (χ4n) is 1.66. The van der Waals surface area contributed by atoms with E-state index in [2.05, 4.69) is 4.74 Å². The summed E-state index contributed by atoms with van der Waals surface area (Å²) in [5.41, 5.74) is 0.613. The van der Waals surface area contributed by atoms with Crippen LogP contribution in [-0.2, 0) is 4.79 Å². The normalized spacial score (nSPS) is 13.4. The Bertz CT molecular complexity index is 429. The van der Waals surface area contributed by atoms with Gasteiger partial charge in [-0.1, -0.05) is 12.1 Å². The molecule has 1 N–H and O–H groups in total. The number of carbonyl (C=O) groups is 1. The third-order valence-corrected chi connectivity index (χ3v) is 2.49. The number of hydrogen-bond donors (Lipinski definition) is 1. The van der Waals surface area contributed by atoms with E-state index < -0.39 is 18.4 Å². The first-order valence-corrected chi connectivity index (χ1v) is 5.43. The van der Waals surface area contributed by atoms with Crippen molar-refractivity contribution in [2.45, 2.75) is 18.8 Å². The van der Waals surface area contributed by atoms with Gasteiger partial charge in [-0.15, -0.1) is 13.2 Å². The zero-order valence-electron chi connectivity index (χ0n) is 10.4. The van der Waals surface area contributed by atoms with E-state index in [1.165, 1.54) is 24.3 Å². The number of halogens is 3. The monoisotopic (exact) mass is 277 g/mol. The Hall–Kier alpha value is -1.76. The van der Waals surface area contributed by atoms with Gasteiger partial charge in [0.25, 0.3) is 0 Å². The van der Waals surface area contributed by atoms with Crippen molar-refractivity contribution < 1.29 is 27.8 Å². The average molecular weight is 277 g/mol. The van der Waals surface area contributed by atoms with Crippen LogP contribution >= 0.6 is 0 Å². The second kappa shape index (κ2) is 5.92. The maximum Gasteiger partial charge on any atom is 0.573 e. The van der Waals surface area contributed by atoms with Crippen molar-refractivity contribution in [2.24, 2.45) is 0 Å². The summed E-state index contributed by atoms with van der Waals surface area (Å²) in [6.45, 7) is 0. The fourth-order valence-corrected chi connectivity index (χ4v) is 1.66. The summed E-state index contributed by atoms with van der Waals surface area (Å²) < 4.78 is 39.7. The largest absolute Gasteiger partial charge is 0.573 e. The minimum Gasteiger partial charge on any atom is -0.481 e. The lowest BCUT2D eigenvalue weighted by atomic mass is 10.0. The second-order valence-corrected chi connectivity index (χ2v) is 4.19. The predicted octanol–water partition coefficient (Wildman–Crippen LogP) is 2.66. The first-order valence-electron chi connectivity index (χ1n) is 5.43. The predicted molar refractivity (Wildman–Crippen MR) is 61.8 cm³/mol. The fraction of sp³-hybridized carbons (Fsp3) is 0.417. The Kier molecular flexibility index (Phi) is 4.77. The zero-order valence-corrected chi connectivity index (χ0v) is 10.4. The molecule has 4 nitrogen and oxygen atoms in total. The summed E-state index contributed by atoms with van der Waals surface area (Å²) in [5, 5.41) is 8.80. The van der Waals surface area contributed by atoms with E-state index in [-0.39, 0.29) is 12.2 Å². The van der Waals surface area contributed by atoms with Gasteiger partial charge in [-0.2, -0.15) is 0 Å². The SMILES string of the molecule is CN(C)C(CC(=O)O)c1ccc(OC(F)(F)F)cc1. The Balaban J connectivity index is 2.86. The maximum atomic E-state index is 12.0. The van der Waals surface area contributed by atoms with Crippen molar-refractivity contribution in [1.82, 2.24) is 4.90 Å². The molecule has 0 spiro atoms. The second-order valence-electron chi connectivity index (χ2n) is 4.19. The number of nitrogens with zero attached hydrogens (tertiary/aromatic N) is 1. The van der Waals surface area contributed by atoms with Gasteiger partial charge in [-0.25, -0.2) is 0 Å². The Morgan fingerprint density at radius 1 is 1.32 bits per heavy atom. The number of alkyl halides is 3. The van der Waals surface area contributed by atoms with Gasteiger partial charge < -0.3 is 14.7 Å². The van der Waals surface area contributed by atoms with Gasteiger partial charge in [0, 0.05) is 6.04 Å². The van der Waals surface area contributed by atoms with E-state index in [4.69, 9.17) is 5.11 Å². The Morgan fingerprint density at radius 2 is 1.84 bits per heavy atom. The minimum atomic E-state index is -4.73. The van der Waals surface area contributed by atoms with E-state index >= 15 is 0 Å². The molecule has 0 aromatic heterocycles. The van der Waals surface area contributed by atoms with Gasteiger partial charge in [0.15, 0.2) is 0 Å². The lowest BCUT2D eigenvalue weighted by molar-refractivity contribution is -0.274. The molecule has 1 unspecified atom stereocenters. The first-order chi connectivity index (χ1) is 8.69. The van der Waals surface area contributed by atoms with E-state index in [9.17, 15) is 18.0 Å². The number of carboxylic acid groups (broad SMARTS) is 1. The molecular weight excluding hydrogens is 263 g/mol. The van der Waals surface area contributed by atoms with Crippen LogP contribution in [0.25, 0.3) is 0 Å². The summed E-state index contributed by atoms with van der Waals surface area (Å²) in [6.07, 6.45) is -4.87. The van der Waals surface area contributed by atoms with Crippen molar-refractivity contribution in [3.63, 3.8) is 0 Å². The van der Waals surface area contributed by atoms with Crippen molar-refractivity contribution >= 4 is 5.97 Å². The molecule has 0 bridgehead atoms. The summed E-state index contributed by atoms with van der Waals surface area (Å²) in [7, 11) is 3.40. The third-order valence-electron chi connectivity index (χ3n) is 2.49. The maximum absolute atomic E-state index is 12.0. The lowest BCUT2D eigenvalue weighted by Crippen LogP contribution is -2.22. The molecule has 0 heterocycles. The van der Waals surface area contributed by atoms with Crippen LogP contribution in [0.2, 0.25) is 0 Å². The number of carboxylic acids is 1. The first kappa shape index (κ1) is 15.3. The molecule has 106 valence electrons. The van der Waals surface area contributed by atoms with Crippen molar-refractivity contribution in [3.8, 4) is 5.75 Å². The van der Waals surface area contributed by atoms with Crippen LogP contribution in [-0.4, -0.2) is 36.4 Å². The minimum absolute atomic E-state index is 0.132. The van der Waals surface area contributed by atoms with E-state index in [0.717, 1.165) is 0 Å². The quantitative estimate of drug-likeness (QED) is 0.899.